The number of aliphatic hydroxyl groups excluding tert-OH is 1. The average molecular weight is 276 g/mol. The fourth-order valence-electron chi connectivity index (χ4n) is 1.90. The smallest absolute Gasteiger partial charge is 0.237 e. The van der Waals surface area contributed by atoms with Gasteiger partial charge in [-0.15, -0.1) is 0 Å². The summed E-state index contributed by atoms with van der Waals surface area (Å²) in [4.78, 5) is 12.1. The number of hydrogen-bond donors (Lipinski definition) is 2. The number of ether oxygens (including phenoxy) is 1. The Labute approximate surface area is 119 Å². The van der Waals surface area contributed by atoms with Crippen LogP contribution in [-0.2, 0) is 16.0 Å². The van der Waals surface area contributed by atoms with Crippen LogP contribution in [0.25, 0.3) is 0 Å². The lowest BCUT2D eigenvalue weighted by Crippen LogP contribution is -2.42. The summed E-state index contributed by atoms with van der Waals surface area (Å²) in [6.07, 6.45) is 0.783. The van der Waals surface area contributed by atoms with E-state index < -0.39 is 5.92 Å². The second-order valence-electron chi connectivity index (χ2n) is 4.54. The fraction of sp³-hybridized carbons (Fsp3) is 0.467. The van der Waals surface area contributed by atoms with Crippen molar-refractivity contribution in [1.29, 1.82) is 5.26 Å². The SMILES string of the molecule is COCC(CCO)NC(=O)C(C#N)Cc1ccccc1. The van der Waals surface area contributed by atoms with Crippen molar-refractivity contribution in [1.82, 2.24) is 5.32 Å². The summed E-state index contributed by atoms with van der Waals surface area (Å²) in [6.45, 7) is 0.278. The summed E-state index contributed by atoms with van der Waals surface area (Å²) >= 11 is 0. The lowest BCUT2D eigenvalue weighted by molar-refractivity contribution is -0.124. The molecule has 1 amide bonds. The first-order valence-electron chi connectivity index (χ1n) is 6.55. The molecule has 0 aliphatic carbocycles. The molecule has 5 heteroatoms. The second kappa shape index (κ2) is 9.08. The molecule has 0 spiro atoms. The van der Waals surface area contributed by atoms with Crippen LogP contribution in [0.1, 0.15) is 12.0 Å². The molecular weight excluding hydrogens is 256 g/mol. The maximum Gasteiger partial charge on any atom is 0.237 e. The van der Waals surface area contributed by atoms with Crippen LogP contribution >= 0.6 is 0 Å². The molecule has 2 N–H and O–H groups in total. The summed E-state index contributed by atoms with van der Waals surface area (Å²) in [5, 5.41) is 20.8. The van der Waals surface area contributed by atoms with Crippen molar-refractivity contribution in [2.45, 2.75) is 18.9 Å². The Morgan fingerprint density at radius 1 is 1.45 bits per heavy atom. The highest BCUT2D eigenvalue weighted by atomic mass is 16.5. The largest absolute Gasteiger partial charge is 0.396 e. The van der Waals surface area contributed by atoms with E-state index in [1.165, 1.54) is 7.11 Å². The van der Waals surface area contributed by atoms with Gasteiger partial charge in [-0.3, -0.25) is 4.79 Å². The van der Waals surface area contributed by atoms with Gasteiger partial charge in [0.2, 0.25) is 5.91 Å². The van der Waals surface area contributed by atoms with Crippen LogP contribution in [0, 0.1) is 17.2 Å². The molecule has 0 aliphatic rings. The van der Waals surface area contributed by atoms with Gasteiger partial charge < -0.3 is 15.2 Å². The fourth-order valence-corrected chi connectivity index (χ4v) is 1.90. The van der Waals surface area contributed by atoms with E-state index in [0.717, 1.165) is 5.56 Å². The monoisotopic (exact) mass is 276 g/mol. The molecule has 0 fully saturated rings. The highest BCUT2D eigenvalue weighted by Gasteiger charge is 2.21. The maximum absolute atomic E-state index is 12.1. The normalized spacial score (nSPS) is 13.2. The van der Waals surface area contributed by atoms with Crippen LogP contribution in [-0.4, -0.2) is 37.4 Å². The highest BCUT2D eigenvalue weighted by Crippen LogP contribution is 2.09. The molecule has 0 bridgehead atoms. The molecule has 108 valence electrons. The molecule has 1 aromatic carbocycles. The molecule has 0 heterocycles. The van der Waals surface area contributed by atoms with E-state index in [9.17, 15) is 4.79 Å². The summed E-state index contributed by atoms with van der Waals surface area (Å²) < 4.78 is 4.98. The minimum Gasteiger partial charge on any atom is -0.396 e. The van der Waals surface area contributed by atoms with Crippen LogP contribution in [0.2, 0.25) is 0 Å². The number of rotatable bonds is 8. The van der Waals surface area contributed by atoms with Gasteiger partial charge in [-0.05, 0) is 18.4 Å². The molecule has 5 nitrogen and oxygen atoms in total. The zero-order chi connectivity index (χ0) is 14.8. The Bertz CT molecular complexity index is 436. The summed E-state index contributed by atoms with van der Waals surface area (Å²) in [6, 6.07) is 11.2. The van der Waals surface area contributed by atoms with Gasteiger partial charge in [0.15, 0.2) is 0 Å². The lowest BCUT2D eigenvalue weighted by atomic mass is 9.99. The zero-order valence-corrected chi connectivity index (χ0v) is 11.6. The van der Waals surface area contributed by atoms with E-state index in [0.29, 0.717) is 19.4 Å². The number of nitrogens with one attached hydrogen (secondary N) is 1. The van der Waals surface area contributed by atoms with Gasteiger partial charge >= 0.3 is 0 Å². The zero-order valence-electron chi connectivity index (χ0n) is 11.6. The molecule has 1 rings (SSSR count). The molecule has 0 aromatic heterocycles. The Hall–Kier alpha value is -1.90. The first kappa shape index (κ1) is 16.2. The van der Waals surface area contributed by atoms with Crippen LogP contribution in [0.15, 0.2) is 30.3 Å². The van der Waals surface area contributed by atoms with E-state index >= 15 is 0 Å². The number of aliphatic hydroxyl groups is 1. The standard InChI is InChI=1S/C15H20N2O3/c1-20-11-14(7-8-18)17-15(19)13(10-16)9-12-5-3-2-4-6-12/h2-6,13-14,18H,7-9,11H2,1H3,(H,17,19). The maximum atomic E-state index is 12.1. The topological polar surface area (TPSA) is 82.3 Å². The van der Waals surface area contributed by atoms with Gasteiger partial charge in [0.05, 0.1) is 18.7 Å². The highest BCUT2D eigenvalue weighted by molar-refractivity contribution is 5.81. The predicted molar refractivity (Wildman–Crippen MR) is 74.8 cm³/mol. The molecule has 2 atom stereocenters. The molecule has 20 heavy (non-hydrogen) atoms. The van der Waals surface area contributed by atoms with Gasteiger partial charge in [0, 0.05) is 13.7 Å². The van der Waals surface area contributed by atoms with E-state index in [1.807, 2.05) is 36.4 Å². The Morgan fingerprint density at radius 2 is 2.15 bits per heavy atom. The number of nitriles is 1. The summed E-state index contributed by atoms with van der Waals surface area (Å²) in [7, 11) is 1.53. The molecule has 2 unspecified atom stereocenters. The molecular formula is C15H20N2O3. The van der Waals surface area contributed by atoms with E-state index in [1.54, 1.807) is 0 Å². The molecule has 0 aliphatic heterocycles. The number of hydrogen-bond acceptors (Lipinski definition) is 4. The molecule has 0 radical (unpaired) electrons. The van der Waals surface area contributed by atoms with Gasteiger partial charge in [0.25, 0.3) is 0 Å². The van der Waals surface area contributed by atoms with Crippen LogP contribution in [0.3, 0.4) is 0 Å². The lowest BCUT2D eigenvalue weighted by Gasteiger charge is -2.18. The number of methoxy groups -OCH3 is 1. The van der Waals surface area contributed by atoms with Crippen molar-refractivity contribution in [2.75, 3.05) is 20.3 Å². The third kappa shape index (κ3) is 5.39. The van der Waals surface area contributed by atoms with Crippen molar-refractivity contribution in [3.05, 3.63) is 35.9 Å². The molecule has 0 saturated carbocycles. The van der Waals surface area contributed by atoms with Crippen LogP contribution < -0.4 is 5.32 Å². The minimum atomic E-state index is -0.740. The Morgan fingerprint density at radius 3 is 2.70 bits per heavy atom. The number of benzene rings is 1. The third-order valence-corrected chi connectivity index (χ3v) is 2.95. The van der Waals surface area contributed by atoms with Crippen molar-refractivity contribution >= 4 is 5.91 Å². The van der Waals surface area contributed by atoms with E-state index in [-0.39, 0.29) is 18.6 Å². The van der Waals surface area contributed by atoms with Gasteiger partial charge in [-0.2, -0.15) is 5.26 Å². The minimum absolute atomic E-state index is 0.0375. The van der Waals surface area contributed by atoms with Crippen molar-refractivity contribution < 1.29 is 14.6 Å². The van der Waals surface area contributed by atoms with Crippen molar-refractivity contribution in [3.63, 3.8) is 0 Å². The van der Waals surface area contributed by atoms with Gasteiger partial charge in [-0.1, -0.05) is 30.3 Å². The van der Waals surface area contributed by atoms with Gasteiger partial charge in [-0.25, -0.2) is 0 Å². The first-order valence-corrected chi connectivity index (χ1v) is 6.55. The number of carbonyl (C=O) groups is 1. The Balaban J connectivity index is 2.60. The summed E-state index contributed by atoms with van der Waals surface area (Å²) in [5.41, 5.74) is 0.944. The number of amides is 1. The second-order valence-corrected chi connectivity index (χ2v) is 4.54. The predicted octanol–water partition coefficient (Wildman–Crippen LogP) is 0.882. The third-order valence-electron chi connectivity index (χ3n) is 2.95. The van der Waals surface area contributed by atoms with Crippen molar-refractivity contribution in [2.24, 2.45) is 5.92 Å². The molecule has 1 aromatic rings. The number of carbonyl (C=O) groups excluding carboxylic acids is 1. The average Bonchev–Trinajstić information content (AvgIpc) is 2.46. The molecule has 0 saturated heterocycles. The quantitative estimate of drug-likeness (QED) is 0.738. The van der Waals surface area contributed by atoms with E-state index in [4.69, 9.17) is 15.1 Å². The van der Waals surface area contributed by atoms with Gasteiger partial charge in [0.1, 0.15) is 5.92 Å². The number of nitrogens with zero attached hydrogens (tertiary/aromatic N) is 1. The van der Waals surface area contributed by atoms with Crippen molar-refractivity contribution in [3.8, 4) is 6.07 Å². The Kier molecular flexibility index (Phi) is 7.33. The van der Waals surface area contributed by atoms with Crippen LogP contribution in [0.5, 0.6) is 0 Å². The summed E-state index contributed by atoms with van der Waals surface area (Å²) in [5.74, 6) is -1.07. The van der Waals surface area contributed by atoms with E-state index in [2.05, 4.69) is 5.32 Å². The van der Waals surface area contributed by atoms with Crippen LogP contribution in [0.4, 0.5) is 0 Å². The first-order chi connectivity index (χ1) is 9.71.